The zero-order chi connectivity index (χ0) is 38.3. The van der Waals surface area contributed by atoms with Gasteiger partial charge in [0.05, 0.1) is 24.0 Å². The second kappa shape index (κ2) is 15.9. The normalized spacial score (nSPS) is 11.2. The van der Waals surface area contributed by atoms with Crippen molar-refractivity contribution in [2.75, 3.05) is 34.3 Å². The molecule has 0 aliphatic rings. The number of carbonyl (C=O) groups excluding carboxylic acids is 2. The van der Waals surface area contributed by atoms with Gasteiger partial charge in [0.15, 0.2) is 0 Å². The fourth-order valence-electron chi connectivity index (χ4n) is 5.28. The number of hydrogen-bond donors (Lipinski definition) is 4. The molecule has 0 aliphatic heterocycles. The lowest BCUT2D eigenvalue weighted by atomic mass is 10.0. The fourth-order valence-corrected chi connectivity index (χ4v) is 7.38. The Kier molecular flexibility index (Phi) is 11.0. The van der Waals surface area contributed by atoms with E-state index < -0.39 is 31.9 Å². The third-order valence-corrected chi connectivity index (χ3v) is 10.9. The number of anilines is 4. The van der Waals surface area contributed by atoms with Gasteiger partial charge in [-0.3, -0.25) is 19.0 Å². The van der Waals surface area contributed by atoms with Crippen molar-refractivity contribution in [2.24, 2.45) is 0 Å². The van der Waals surface area contributed by atoms with Crippen LogP contribution in [0.4, 0.5) is 22.7 Å². The molecule has 6 aromatic rings. The van der Waals surface area contributed by atoms with Crippen molar-refractivity contribution in [1.29, 1.82) is 0 Å². The summed E-state index contributed by atoms with van der Waals surface area (Å²) >= 11 is 0. The lowest BCUT2D eigenvalue weighted by Gasteiger charge is -2.11. The molecule has 0 saturated heterocycles. The summed E-state index contributed by atoms with van der Waals surface area (Å²) in [4.78, 5) is 26.2. The van der Waals surface area contributed by atoms with Crippen LogP contribution in [-0.4, -0.2) is 42.9 Å². The van der Waals surface area contributed by atoms with Crippen LogP contribution < -0.4 is 29.6 Å². The van der Waals surface area contributed by atoms with Crippen LogP contribution in [0.15, 0.2) is 155 Å². The highest BCUT2D eigenvalue weighted by atomic mass is 32.2. The Morgan fingerprint density at radius 1 is 0.444 bits per heavy atom. The Labute approximate surface area is 312 Å². The number of ether oxygens (including phenoxy) is 2. The molecule has 0 spiro atoms. The number of carbonyl (C=O) groups is 2. The molecule has 274 valence electrons. The number of nitrogens with one attached hydrogen (secondary N) is 4. The monoisotopic (exact) mass is 762 g/mol. The molecule has 0 aromatic heterocycles. The van der Waals surface area contributed by atoms with E-state index in [0.717, 1.165) is 11.1 Å². The number of methoxy groups -OCH3 is 2. The zero-order valence-corrected chi connectivity index (χ0v) is 30.6. The summed E-state index contributed by atoms with van der Waals surface area (Å²) in [5.41, 5.74) is 3.76. The molecule has 12 nitrogen and oxygen atoms in total. The summed E-state index contributed by atoms with van der Waals surface area (Å²) in [5, 5.41) is 5.65. The number of amides is 2. The quantitative estimate of drug-likeness (QED) is 0.0939. The van der Waals surface area contributed by atoms with E-state index in [2.05, 4.69) is 20.1 Å². The Morgan fingerprint density at radius 3 is 1.13 bits per heavy atom. The van der Waals surface area contributed by atoms with Crippen molar-refractivity contribution >= 4 is 54.6 Å². The van der Waals surface area contributed by atoms with E-state index in [1.807, 2.05) is 24.3 Å². The van der Waals surface area contributed by atoms with Crippen molar-refractivity contribution in [3.05, 3.63) is 157 Å². The fraction of sp³-hybridized carbons (Fsp3) is 0.0500. The first-order chi connectivity index (χ1) is 25.9. The molecule has 4 N–H and O–H groups in total. The number of hydrogen-bond acceptors (Lipinski definition) is 8. The average Bonchev–Trinajstić information content (AvgIpc) is 3.18. The van der Waals surface area contributed by atoms with Gasteiger partial charge in [-0.1, -0.05) is 36.4 Å². The molecule has 0 heterocycles. The Morgan fingerprint density at radius 2 is 0.796 bits per heavy atom. The maximum absolute atomic E-state index is 13.0. The third-order valence-electron chi connectivity index (χ3n) is 8.11. The van der Waals surface area contributed by atoms with E-state index in [-0.39, 0.29) is 32.3 Å². The third kappa shape index (κ3) is 9.04. The van der Waals surface area contributed by atoms with Gasteiger partial charge in [-0.05, 0) is 120 Å². The van der Waals surface area contributed by atoms with Gasteiger partial charge in [0.1, 0.15) is 11.5 Å². The van der Waals surface area contributed by atoms with Crippen LogP contribution in [0.5, 0.6) is 11.5 Å². The first-order valence-corrected chi connectivity index (χ1v) is 19.3. The molecule has 0 bridgehead atoms. The van der Waals surface area contributed by atoms with Crippen LogP contribution in [0.2, 0.25) is 0 Å². The van der Waals surface area contributed by atoms with Gasteiger partial charge < -0.3 is 20.1 Å². The smallest absolute Gasteiger partial charge is 0.261 e. The maximum Gasteiger partial charge on any atom is 0.261 e. The molecule has 14 heteroatoms. The molecule has 0 fully saturated rings. The molecule has 6 rings (SSSR count). The predicted octanol–water partition coefficient (Wildman–Crippen LogP) is 7.48. The van der Waals surface area contributed by atoms with Gasteiger partial charge in [0, 0.05) is 33.9 Å². The Bertz CT molecular complexity index is 2330. The SMILES string of the molecule is COc1ccc(S(=O)(=O)Nc2cccc(C(=O)Nc3ccc(-c4ccc(NC(=O)c5cccc(NS(=O)(=O)c6ccc(OC)cc6)c5)cc4)cc3)c2)cc1. The van der Waals surface area contributed by atoms with Crippen molar-refractivity contribution in [3.8, 4) is 22.6 Å². The standard InChI is InChI=1S/C40H34N4O8S2/c1-51-35-17-21-37(22-18-35)53(47,48)43-33-7-3-5-29(25-33)39(45)41-31-13-9-27(10-14-31)28-11-15-32(16-12-28)42-40(46)30-6-4-8-34(26-30)44-54(49,50)38-23-19-36(52-2)20-24-38/h3-26,43-44H,1-2H3,(H,41,45)(H,42,46). The minimum Gasteiger partial charge on any atom is -0.497 e. The molecule has 0 aliphatic carbocycles. The first-order valence-electron chi connectivity index (χ1n) is 16.3. The van der Waals surface area contributed by atoms with E-state index in [0.29, 0.717) is 22.9 Å². The summed E-state index contributed by atoms with van der Waals surface area (Å²) in [6, 6.07) is 38.6. The van der Waals surface area contributed by atoms with E-state index in [1.165, 1.54) is 50.6 Å². The van der Waals surface area contributed by atoms with Gasteiger partial charge in [0.25, 0.3) is 31.9 Å². The summed E-state index contributed by atoms with van der Waals surface area (Å²) in [6.07, 6.45) is 0. The van der Waals surface area contributed by atoms with Crippen LogP contribution in [0.3, 0.4) is 0 Å². The number of sulfonamides is 2. The Balaban J connectivity index is 1.05. The van der Waals surface area contributed by atoms with Crippen LogP contribution in [0.25, 0.3) is 11.1 Å². The second-order valence-electron chi connectivity index (χ2n) is 11.8. The van der Waals surface area contributed by atoms with Crippen LogP contribution in [0.1, 0.15) is 20.7 Å². The van der Waals surface area contributed by atoms with Crippen molar-refractivity contribution in [2.45, 2.75) is 9.79 Å². The molecular weight excluding hydrogens is 729 g/mol. The maximum atomic E-state index is 13.0. The Hall–Kier alpha value is -6.64. The zero-order valence-electron chi connectivity index (χ0n) is 28.9. The minimum atomic E-state index is -3.89. The van der Waals surface area contributed by atoms with Crippen molar-refractivity contribution in [3.63, 3.8) is 0 Å². The largest absolute Gasteiger partial charge is 0.497 e. The number of benzene rings is 6. The predicted molar refractivity (Wildman–Crippen MR) is 208 cm³/mol. The van der Waals surface area contributed by atoms with Crippen LogP contribution in [-0.2, 0) is 20.0 Å². The van der Waals surface area contributed by atoms with Crippen LogP contribution >= 0.6 is 0 Å². The lowest BCUT2D eigenvalue weighted by molar-refractivity contribution is 0.101. The molecular formula is C40H34N4O8S2. The first kappa shape index (κ1) is 37.1. The summed E-state index contributed by atoms with van der Waals surface area (Å²) < 4.78 is 66.6. The van der Waals surface area contributed by atoms with Gasteiger partial charge in [-0.15, -0.1) is 0 Å². The van der Waals surface area contributed by atoms with Gasteiger partial charge in [0.2, 0.25) is 0 Å². The van der Waals surface area contributed by atoms with E-state index in [9.17, 15) is 26.4 Å². The molecule has 0 radical (unpaired) electrons. The highest BCUT2D eigenvalue weighted by Gasteiger charge is 2.17. The molecule has 0 unspecified atom stereocenters. The molecule has 6 aromatic carbocycles. The minimum absolute atomic E-state index is 0.0511. The van der Waals surface area contributed by atoms with Gasteiger partial charge >= 0.3 is 0 Å². The van der Waals surface area contributed by atoms with Crippen LogP contribution in [0, 0.1) is 0 Å². The van der Waals surface area contributed by atoms with E-state index in [1.54, 1.807) is 84.9 Å². The van der Waals surface area contributed by atoms with Gasteiger partial charge in [-0.2, -0.15) is 0 Å². The number of rotatable bonds is 13. The molecule has 54 heavy (non-hydrogen) atoms. The van der Waals surface area contributed by atoms with Crippen molar-refractivity contribution < 1.29 is 35.9 Å². The highest BCUT2D eigenvalue weighted by Crippen LogP contribution is 2.26. The van der Waals surface area contributed by atoms with E-state index >= 15 is 0 Å². The van der Waals surface area contributed by atoms with Gasteiger partial charge in [-0.25, -0.2) is 16.8 Å². The lowest BCUT2D eigenvalue weighted by Crippen LogP contribution is -2.15. The van der Waals surface area contributed by atoms with Crippen molar-refractivity contribution in [1.82, 2.24) is 0 Å². The topological polar surface area (TPSA) is 169 Å². The van der Waals surface area contributed by atoms with E-state index in [4.69, 9.17) is 9.47 Å². The second-order valence-corrected chi connectivity index (χ2v) is 15.2. The average molecular weight is 763 g/mol. The molecule has 0 saturated carbocycles. The summed E-state index contributed by atoms with van der Waals surface area (Å²) in [7, 11) is -4.80. The summed E-state index contributed by atoms with van der Waals surface area (Å²) in [5.74, 6) is 0.207. The molecule has 0 atom stereocenters. The molecule has 2 amide bonds. The summed E-state index contributed by atoms with van der Waals surface area (Å²) in [6.45, 7) is 0. The highest BCUT2D eigenvalue weighted by molar-refractivity contribution is 7.93.